The molecule has 0 radical (unpaired) electrons. The fraction of sp³-hybridized carbons (Fsp3) is 0.556. The van der Waals surface area contributed by atoms with Gasteiger partial charge >= 0.3 is 6.09 Å². The smallest absolute Gasteiger partial charge is 0.405 e. The SMILES string of the molecule is CCOC(CN1CCC(C(N)=O)CC1)C(NC(=O)O)c1ccccc1. The maximum Gasteiger partial charge on any atom is 0.405 e. The van der Waals surface area contributed by atoms with Crippen molar-refractivity contribution >= 4 is 12.0 Å². The summed E-state index contributed by atoms with van der Waals surface area (Å²) in [6.45, 7) is 4.50. The van der Waals surface area contributed by atoms with Crippen LogP contribution in [0.1, 0.15) is 31.4 Å². The molecule has 1 aliphatic rings. The predicted octanol–water partition coefficient (Wildman–Crippen LogP) is 1.60. The molecular formula is C18H27N3O4. The van der Waals surface area contributed by atoms with Crippen LogP contribution in [0.15, 0.2) is 30.3 Å². The van der Waals surface area contributed by atoms with Crippen LogP contribution >= 0.6 is 0 Å². The highest BCUT2D eigenvalue weighted by molar-refractivity contribution is 5.76. The molecule has 0 aromatic heterocycles. The summed E-state index contributed by atoms with van der Waals surface area (Å²) in [5.41, 5.74) is 6.25. The largest absolute Gasteiger partial charge is 0.465 e. The summed E-state index contributed by atoms with van der Waals surface area (Å²) in [5.74, 6) is -0.306. The number of nitrogens with one attached hydrogen (secondary N) is 1. The molecule has 1 aromatic rings. The van der Waals surface area contributed by atoms with Gasteiger partial charge in [-0.25, -0.2) is 4.79 Å². The molecular weight excluding hydrogens is 322 g/mol. The Morgan fingerprint density at radius 1 is 1.32 bits per heavy atom. The minimum absolute atomic E-state index is 0.0659. The fourth-order valence-corrected chi connectivity index (χ4v) is 3.31. The molecule has 0 bridgehead atoms. The number of carboxylic acid groups (broad SMARTS) is 1. The van der Waals surface area contributed by atoms with Crippen molar-refractivity contribution in [1.82, 2.24) is 10.2 Å². The zero-order valence-electron chi connectivity index (χ0n) is 14.6. The fourth-order valence-electron chi connectivity index (χ4n) is 3.31. The third kappa shape index (κ3) is 5.72. The number of nitrogens with two attached hydrogens (primary N) is 1. The summed E-state index contributed by atoms with van der Waals surface area (Å²) in [6.07, 6.45) is 0.0761. The molecule has 7 heteroatoms. The molecule has 25 heavy (non-hydrogen) atoms. The van der Waals surface area contributed by atoms with E-state index in [-0.39, 0.29) is 17.9 Å². The number of primary amides is 1. The van der Waals surface area contributed by atoms with E-state index in [0.29, 0.717) is 13.2 Å². The van der Waals surface area contributed by atoms with Gasteiger partial charge < -0.3 is 25.8 Å². The Morgan fingerprint density at radius 3 is 2.48 bits per heavy atom. The van der Waals surface area contributed by atoms with E-state index in [9.17, 15) is 14.7 Å². The normalized spacial score (nSPS) is 18.4. The summed E-state index contributed by atoms with van der Waals surface area (Å²) in [7, 11) is 0. The van der Waals surface area contributed by atoms with Gasteiger partial charge in [-0.05, 0) is 38.4 Å². The molecule has 7 nitrogen and oxygen atoms in total. The first kappa shape index (κ1) is 19.2. The average Bonchev–Trinajstić information content (AvgIpc) is 2.60. The maximum absolute atomic E-state index is 11.3. The van der Waals surface area contributed by atoms with Crippen LogP contribution in [-0.4, -0.2) is 54.4 Å². The van der Waals surface area contributed by atoms with Gasteiger partial charge in [0.2, 0.25) is 5.91 Å². The van der Waals surface area contributed by atoms with Crippen molar-refractivity contribution in [1.29, 1.82) is 0 Å². The Hall–Kier alpha value is -2.12. The number of hydrogen-bond acceptors (Lipinski definition) is 4. The molecule has 1 heterocycles. The Kier molecular flexibility index (Phi) is 7.21. The van der Waals surface area contributed by atoms with Gasteiger partial charge in [0.1, 0.15) is 0 Å². The van der Waals surface area contributed by atoms with Gasteiger partial charge in [0, 0.05) is 19.1 Å². The summed E-state index contributed by atoms with van der Waals surface area (Å²) >= 11 is 0. The second-order valence-corrected chi connectivity index (χ2v) is 6.31. The van der Waals surface area contributed by atoms with E-state index in [1.54, 1.807) is 0 Å². The standard InChI is InChI=1S/C18H27N3O4/c1-2-25-15(12-21-10-8-14(9-11-21)17(19)22)16(20-18(23)24)13-6-4-3-5-7-13/h3-7,14-16,20H,2,8-12H2,1H3,(H2,19,22)(H,23,24). The van der Waals surface area contributed by atoms with Gasteiger partial charge in [-0.1, -0.05) is 30.3 Å². The first-order chi connectivity index (χ1) is 12.0. The van der Waals surface area contributed by atoms with Crippen molar-refractivity contribution in [3.05, 3.63) is 35.9 Å². The Balaban J connectivity index is 2.08. The van der Waals surface area contributed by atoms with Crippen LogP contribution in [0.25, 0.3) is 0 Å². The minimum Gasteiger partial charge on any atom is -0.465 e. The van der Waals surface area contributed by atoms with Gasteiger partial charge in [0.05, 0.1) is 12.1 Å². The summed E-state index contributed by atoms with van der Waals surface area (Å²) in [6, 6.07) is 9.00. The zero-order chi connectivity index (χ0) is 18.2. The minimum atomic E-state index is -1.08. The molecule has 2 atom stereocenters. The van der Waals surface area contributed by atoms with E-state index in [2.05, 4.69) is 10.2 Å². The van der Waals surface area contributed by atoms with Crippen LogP contribution in [-0.2, 0) is 9.53 Å². The maximum atomic E-state index is 11.3. The van der Waals surface area contributed by atoms with Crippen molar-refractivity contribution in [2.45, 2.75) is 31.9 Å². The van der Waals surface area contributed by atoms with E-state index in [4.69, 9.17) is 10.5 Å². The number of hydrogen-bond donors (Lipinski definition) is 3. The number of nitrogens with zero attached hydrogens (tertiary/aromatic N) is 1. The van der Waals surface area contributed by atoms with E-state index in [0.717, 1.165) is 31.5 Å². The highest BCUT2D eigenvalue weighted by Gasteiger charge is 2.30. The van der Waals surface area contributed by atoms with Gasteiger partial charge in [-0.3, -0.25) is 4.79 Å². The number of amides is 2. The third-order valence-electron chi connectivity index (χ3n) is 4.62. The van der Waals surface area contributed by atoms with Gasteiger partial charge in [0.15, 0.2) is 0 Å². The van der Waals surface area contributed by atoms with Crippen LogP contribution in [0, 0.1) is 5.92 Å². The number of benzene rings is 1. The number of carbonyl (C=O) groups excluding carboxylic acids is 1. The topological polar surface area (TPSA) is 105 Å². The van der Waals surface area contributed by atoms with Crippen LogP contribution < -0.4 is 11.1 Å². The molecule has 1 aliphatic heterocycles. The first-order valence-electron chi connectivity index (χ1n) is 8.69. The number of ether oxygens (including phenoxy) is 1. The Bertz CT molecular complexity index is 559. The predicted molar refractivity (Wildman–Crippen MR) is 94.1 cm³/mol. The van der Waals surface area contributed by atoms with E-state index in [1.807, 2.05) is 37.3 Å². The lowest BCUT2D eigenvalue weighted by molar-refractivity contribution is -0.123. The molecule has 0 spiro atoms. The molecule has 4 N–H and O–H groups in total. The van der Waals surface area contributed by atoms with Crippen molar-refractivity contribution in [2.75, 3.05) is 26.2 Å². The third-order valence-corrected chi connectivity index (χ3v) is 4.62. The van der Waals surface area contributed by atoms with Crippen molar-refractivity contribution in [2.24, 2.45) is 11.7 Å². The number of carbonyl (C=O) groups is 2. The number of piperidine rings is 1. The summed E-state index contributed by atoms with van der Waals surface area (Å²) in [4.78, 5) is 24.8. The average molecular weight is 349 g/mol. The van der Waals surface area contributed by atoms with E-state index in [1.165, 1.54) is 0 Å². The van der Waals surface area contributed by atoms with Gasteiger partial charge in [0.25, 0.3) is 0 Å². The summed E-state index contributed by atoms with van der Waals surface area (Å²) in [5, 5.41) is 11.8. The van der Waals surface area contributed by atoms with E-state index >= 15 is 0 Å². The van der Waals surface area contributed by atoms with Crippen LogP contribution in [0.3, 0.4) is 0 Å². The highest BCUT2D eigenvalue weighted by Crippen LogP contribution is 2.23. The lowest BCUT2D eigenvalue weighted by Crippen LogP contribution is -2.47. The molecule has 2 rings (SSSR count). The quantitative estimate of drug-likeness (QED) is 0.661. The van der Waals surface area contributed by atoms with E-state index < -0.39 is 12.1 Å². The molecule has 1 aromatic carbocycles. The van der Waals surface area contributed by atoms with Crippen LogP contribution in [0.2, 0.25) is 0 Å². The number of likely N-dealkylation sites (tertiary alicyclic amines) is 1. The highest BCUT2D eigenvalue weighted by atomic mass is 16.5. The molecule has 2 amide bonds. The Morgan fingerprint density at radius 2 is 1.96 bits per heavy atom. The summed E-state index contributed by atoms with van der Waals surface area (Å²) < 4.78 is 5.88. The molecule has 1 saturated heterocycles. The second kappa shape index (κ2) is 9.39. The lowest BCUT2D eigenvalue weighted by Gasteiger charge is -2.35. The van der Waals surface area contributed by atoms with Gasteiger partial charge in [-0.2, -0.15) is 0 Å². The molecule has 0 aliphatic carbocycles. The monoisotopic (exact) mass is 349 g/mol. The van der Waals surface area contributed by atoms with Crippen molar-refractivity contribution in [3.8, 4) is 0 Å². The van der Waals surface area contributed by atoms with Crippen LogP contribution in [0.5, 0.6) is 0 Å². The van der Waals surface area contributed by atoms with Crippen molar-refractivity contribution < 1.29 is 19.4 Å². The van der Waals surface area contributed by atoms with Crippen LogP contribution in [0.4, 0.5) is 4.79 Å². The Labute approximate surface area is 148 Å². The zero-order valence-corrected chi connectivity index (χ0v) is 14.6. The second-order valence-electron chi connectivity index (χ2n) is 6.31. The molecule has 0 saturated carbocycles. The molecule has 1 fully saturated rings. The molecule has 138 valence electrons. The van der Waals surface area contributed by atoms with Crippen molar-refractivity contribution in [3.63, 3.8) is 0 Å². The lowest BCUT2D eigenvalue weighted by atomic mass is 9.95. The molecule has 2 unspecified atom stereocenters. The van der Waals surface area contributed by atoms with Gasteiger partial charge in [-0.15, -0.1) is 0 Å². The first-order valence-corrected chi connectivity index (χ1v) is 8.69. The number of rotatable bonds is 8.